The predicted octanol–water partition coefficient (Wildman–Crippen LogP) is 7.71. The van der Waals surface area contributed by atoms with Gasteiger partial charge in [-0.15, -0.1) is 0 Å². The van der Waals surface area contributed by atoms with Gasteiger partial charge in [0.15, 0.2) is 0 Å². The van der Waals surface area contributed by atoms with Crippen molar-refractivity contribution in [3.63, 3.8) is 0 Å². The summed E-state index contributed by atoms with van der Waals surface area (Å²) in [7, 11) is -4.04. The molecule has 0 saturated heterocycles. The zero-order chi connectivity index (χ0) is 24.0. The lowest BCUT2D eigenvalue weighted by Gasteiger charge is -2.57. The highest BCUT2D eigenvalue weighted by Gasteiger charge is 2.69. The van der Waals surface area contributed by atoms with Crippen LogP contribution in [0, 0.1) is 5.41 Å². The van der Waals surface area contributed by atoms with Crippen molar-refractivity contribution >= 4 is 24.7 Å². The zero-order valence-corrected chi connectivity index (χ0v) is 21.8. The van der Waals surface area contributed by atoms with Gasteiger partial charge in [0.2, 0.25) is 7.37 Å². The predicted molar refractivity (Wildman–Crippen MR) is 135 cm³/mol. The molecule has 4 nitrogen and oxygen atoms in total. The first-order chi connectivity index (χ1) is 15.0. The third-order valence-corrected chi connectivity index (χ3v) is 10.9. The Kier molecular flexibility index (Phi) is 8.95. The molecule has 2 N–H and O–H groups in total. The van der Waals surface area contributed by atoms with Crippen LogP contribution in [0.1, 0.15) is 84.3 Å². The highest BCUT2D eigenvalue weighted by Crippen LogP contribution is 2.73. The monoisotopic (exact) mass is 478 g/mol. The van der Waals surface area contributed by atoms with Gasteiger partial charge >= 0.3 is 5.97 Å². The molecule has 2 rings (SSSR count). The van der Waals surface area contributed by atoms with Crippen LogP contribution in [0.2, 0.25) is 0 Å². The molecule has 0 radical (unpaired) electrons. The first-order valence-corrected chi connectivity index (χ1v) is 14.4. The van der Waals surface area contributed by atoms with E-state index < -0.39 is 29.3 Å². The molecule has 0 aliphatic heterocycles. The van der Waals surface area contributed by atoms with Gasteiger partial charge in [-0.25, -0.2) is 0 Å². The Morgan fingerprint density at radius 1 is 1.00 bits per heavy atom. The third kappa shape index (κ3) is 4.76. The summed E-state index contributed by atoms with van der Waals surface area (Å²) < 4.78 is 14.7. The van der Waals surface area contributed by atoms with Crippen molar-refractivity contribution in [3.8, 4) is 0 Å². The van der Waals surface area contributed by atoms with Gasteiger partial charge in [0, 0.05) is 0 Å². The number of carboxylic acids is 1. The molecule has 1 aromatic carbocycles. The SMILES string of the molecule is CCCCCC(C(C)(C)C)(C(CCC)(C(=O)O)c1ccsc1)P(=O)(O)Cc1ccccc1. The maximum absolute atomic E-state index is 14.7. The molecule has 3 atom stereocenters. The fourth-order valence-electron chi connectivity index (χ4n) is 5.70. The molecule has 6 heteroatoms. The van der Waals surface area contributed by atoms with E-state index in [9.17, 15) is 19.4 Å². The van der Waals surface area contributed by atoms with Crippen molar-refractivity contribution in [2.24, 2.45) is 5.41 Å². The highest BCUT2D eigenvalue weighted by molar-refractivity contribution is 7.59. The van der Waals surface area contributed by atoms with E-state index in [1.165, 1.54) is 11.3 Å². The minimum absolute atomic E-state index is 0.0277. The number of aliphatic carboxylic acids is 1. The Morgan fingerprint density at radius 2 is 1.66 bits per heavy atom. The largest absolute Gasteiger partial charge is 0.481 e. The quantitative estimate of drug-likeness (QED) is 0.242. The molecule has 0 aliphatic carbocycles. The molecule has 0 aliphatic rings. The smallest absolute Gasteiger partial charge is 0.315 e. The Hall–Kier alpha value is -1.42. The van der Waals surface area contributed by atoms with Crippen molar-refractivity contribution in [2.45, 2.75) is 89.9 Å². The van der Waals surface area contributed by atoms with Crippen LogP contribution >= 0.6 is 18.7 Å². The molecule has 0 bridgehead atoms. The number of hydrogen-bond donors (Lipinski definition) is 2. The molecule has 0 saturated carbocycles. The van der Waals surface area contributed by atoms with Crippen molar-refractivity contribution in [3.05, 3.63) is 58.3 Å². The second-order valence-electron chi connectivity index (χ2n) is 9.89. The van der Waals surface area contributed by atoms with Gasteiger partial charge in [-0.1, -0.05) is 90.6 Å². The van der Waals surface area contributed by atoms with Crippen LogP contribution in [0.3, 0.4) is 0 Å². The molecule has 2 aromatic rings. The van der Waals surface area contributed by atoms with E-state index >= 15 is 0 Å². The first-order valence-electron chi connectivity index (χ1n) is 11.6. The van der Waals surface area contributed by atoms with Crippen molar-refractivity contribution in [1.82, 2.24) is 0 Å². The first kappa shape index (κ1) is 26.8. The lowest BCUT2D eigenvalue weighted by molar-refractivity contribution is -0.148. The van der Waals surface area contributed by atoms with E-state index in [2.05, 4.69) is 6.92 Å². The number of carbonyl (C=O) groups is 1. The minimum Gasteiger partial charge on any atom is -0.481 e. The number of rotatable bonds is 12. The van der Waals surface area contributed by atoms with E-state index in [1.54, 1.807) is 0 Å². The number of unbranched alkanes of at least 4 members (excludes halogenated alkanes) is 2. The summed E-state index contributed by atoms with van der Waals surface area (Å²) in [5.74, 6) is -0.994. The van der Waals surface area contributed by atoms with Crippen LogP contribution in [0.15, 0.2) is 47.2 Å². The van der Waals surface area contributed by atoms with Gasteiger partial charge in [-0.2, -0.15) is 11.3 Å². The summed E-state index contributed by atoms with van der Waals surface area (Å²) in [6.45, 7) is 9.91. The standard InChI is InChI=1S/C26H39O4PS/c1-6-8-12-17-26(24(3,4)5,31(29,30)19-21-13-10-9-11-14-21)25(16-7-2,23(27)28)22-15-18-32-20-22/h9-11,13-15,18,20H,6-8,12,16-17,19H2,1-5H3,(H,27,28)(H,29,30). The zero-order valence-electron chi connectivity index (χ0n) is 20.1. The van der Waals surface area contributed by atoms with Gasteiger partial charge in [0.1, 0.15) is 5.41 Å². The van der Waals surface area contributed by atoms with E-state index in [1.807, 2.05) is 74.9 Å². The number of benzene rings is 1. The second kappa shape index (κ2) is 10.7. The van der Waals surface area contributed by atoms with Gasteiger partial charge in [-0.05, 0) is 46.2 Å². The van der Waals surface area contributed by atoms with E-state index in [0.29, 0.717) is 24.8 Å². The van der Waals surface area contributed by atoms with E-state index in [4.69, 9.17) is 0 Å². The Bertz CT molecular complexity index is 904. The van der Waals surface area contributed by atoms with Crippen molar-refractivity contribution in [1.29, 1.82) is 0 Å². The van der Waals surface area contributed by atoms with Gasteiger partial charge in [-0.3, -0.25) is 9.36 Å². The molecular weight excluding hydrogens is 439 g/mol. The number of thiophene rings is 1. The van der Waals surface area contributed by atoms with Crippen molar-refractivity contribution in [2.75, 3.05) is 0 Å². The Morgan fingerprint density at radius 3 is 2.12 bits per heavy atom. The summed E-state index contributed by atoms with van der Waals surface area (Å²) in [5, 5.41) is 13.3. The molecule has 32 heavy (non-hydrogen) atoms. The fraction of sp³-hybridized carbons (Fsp3) is 0.577. The number of hydrogen-bond acceptors (Lipinski definition) is 3. The van der Waals surface area contributed by atoms with E-state index in [-0.39, 0.29) is 6.16 Å². The van der Waals surface area contributed by atoms with Crippen LogP contribution in [0.4, 0.5) is 0 Å². The molecule has 178 valence electrons. The summed E-state index contributed by atoms with van der Waals surface area (Å²) in [5.41, 5.74) is -0.753. The maximum Gasteiger partial charge on any atom is 0.315 e. The van der Waals surface area contributed by atoms with E-state index in [0.717, 1.165) is 24.8 Å². The van der Waals surface area contributed by atoms with Crippen LogP contribution in [0.5, 0.6) is 0 Å². The summed E-state index contributed by atoms with van der Waals surface area (Å²) >= 11 is 1.44. The van der Waals surface area contributed by atoms with Crippen LogP contribution in [0.25, 0.3) is 0 Å². The summed E-state index contributed by atoms with van der Waals surface area (Å²) in [4.78, 5) is 25.3. The normalized spacial score (nSPS) is 17.8. The minimum atomic E-state index is -4.04. The lowest BCUT2D eigenvalue weighted by Crippen LogP contribution is -2.62. The van der Waals surface area contributed by atoms with Gasteiger partial charge < -0.3 is 10.00 Å². The molecule has 3 unspecified atom stereocenters. The highest BCUT2D eigenvalue weighted by atomic mass is 32.1. The topological polar surface area (TPSA) is 74.6 Å². The Labute approximate surface area is 197 Å². The van der Waals surface area contributed by atoms with Crippen LogP contribution < -0.4 is 0 Å². The Balaban J connectivity index is 2.91. The van der Waals surface area contributed by atoms with Crippen LogP contribution in [-0.4, -0.2) is 21.1 Å². The fourth-order valence-corrected chi connectivity index (χ4v) is 9.90. The maximum atomic E-state index is 14.7. The van der Waals surface area contributed by atoms with Crippen LogP contribution in [-0.2, 0) is 20.9 Å². The summed E-state index contributed by atoms with van der Waals surface area (Å²) in [6, 6.07) is 11.2. The molecule has 0 fully saturated rings. The third-order valence-electron chi connectivity index (χ3n) is 6.93. The molecular formula is C26H39O4PS. The molecule has 1 aromatic heterocycles. The molecule has 1 heterocycles. The molecule has 0 spiro atoms. The molecule has 0 amide bonds. The van der Waals surface area contributed by atoms with Gasteiger partial charge in [0.05, 0.1) is 11.3 Å². The van der Waals surface area contributed by atoms with Crippen molar-refractivity contribution < 1.29 is 19.4 Å². The lowest BCUT2D eigenvalue weighted by atomic mass is 9.57. The average Bonchev–Trinajstić information content (AvgIpc) is 3.24. The number of carboxylic acid groups (broad SMARTS) is 1. The van der Waals surface area contributed by atoms with Gasteiger partial charge in [0.25, 0.3) is 0 Å². The average molecular weight is 479 g/mol. The second-order valence-corrected chi connectivity index (χ2v) is 13.1. The summed E-state index contributed by atoms with van der Waals surface area (Å²) in [6.07, 6.45) is 3.87.